The van der Waals surface area contributed by atoms with E-state index in [-0.39, 0.29) is 24.4 Å². The third-order valence-electron chi connectivity index (χ3n) is 6.43. The first-order valence-electron chi connectivity index (χ1n) is 12.1. The Morgan fingerprint density at radius 1 is 1.03 bits per heavy atom. The molecule has 0 spiro atoms. The van der Waals surface area contributed by atoms with E-state index in [9.17, 15) is 4.79 Å². The van der Waals surface area contributed by atoms with Crippen molar-refractivity contribution in [3.63, 3.8) is 0 Å². The quantitative estimate of drug-likeness (QED) is 0.296. The Kier molecular flexibility index (Phi) is 7.09. The number of nitrogens with zero attached hydrogens (tertiary/aromatic N) is 2. The van der Waals surface area contributed by atoms with E-state index >= 15 is 0 Å². The van der Waals surface area contributed by atoms with Gasteiger partial charge in [0, 0.05) is 30.4 Å². The summed E-state index contributed by atoms with van der Waals surface area (Å²) in [4.78, 5) is 19.5. The van der Waals surface area contributed by atoms with E-state index in [0.29, 0.717) is 11.7 Å². The second kappa shape index (κ2) is 10.7. The summed E-state index contributed by atoms with van der Waals surface area (Å²) < 4.78 is 6.35. The number of carbonyl (C=O) groups is 1. The Labute approximate surface area is 216 Å². The van der Waals surface area contributed by atoms with E-state index in [0.717, 1.165) is 40.4 Å². The number of carbonyl (C=O) groups excluding carboxylic acids is 1. The maximum Gasteiger partial charge on any atom is 0.226 e. The van der Waals surface area contributed by atoms with Crippen LogP contribution in [0.5, 0.6) is 0 Å². The Hall–Kier alpha value is -3.97. The van der Waals surface area contributed by atoms with Crippen molar-refractivity contribution in [3.05, 3.63) is 108 Å². The molecule has 0 radical (unpaired) electrons. The number of benzene rings is 2. The summed E-state index contributed by atoms with van der Waals surface area (Å²) in [5.74, 6) is 1.51. The van der Waals surface area contributed by atoms with E-state index in [4.69, 9.17) is 16.6 Å². The summed E-state index contributed by atoms with van der Waals surface area (Å²) >= 11 is 5.73. The molecule has 1 amide bonds. The lowest BCUT2D eigenvalue weighted by Gasteiger charge is -2.26. The molecule has 6 nitrogen and oxygen atoms in total. The maximum atomic E-state index is 12.9. The first-order chi connectivity index (χ1) is 17.6. The minimum atomic E-state index is -0.236. The molecule has 0 unspecified atom stereocenters. The van der Waals surface area contributed by atoms with Crippen molar-refractivity contribution in [2.24, 2.45) is 0 Å². The summed E-state index contributed by atoms with van der Waals surface area (Å²) in [6.07, 6.45) is 2.92. The van der Waals surface area contributed by atoms with E-state index in [1.54, 1.807) is 6.20 Å². The number of aryl methyl sites for hydroxylation is 1. The number of hydrogen-bond donors (Lipinski definition) is 2. The molecule has 2 aromatic carbocycles. The van der Waals surface area contributed by atoms with Gasteiger partial charge in [0.2, 0.25) is 5.91 Å². The monoisotopic (exact) mass is 496 g/mol. The van der Waals surface area contributed by atoms with Gasteiger partial charge in [0.05, 0.1) is 11.7 Å². The zero-order chi connectivity index (χ0) is 24.9. The smallest absolute Gasteiger partial charge is 0.226 e. The molecule has 36 heavy (non-hydrogen) atoms. The highest BCUT2D eigenvalue weighted by molar-refractivity contribution is 7.80. The van der Waals surface area contributed by atoms with Gasteiger partial charge in [-0.05, 0) is 54.5 Å². The largest absolute Gasteiger partial charge is 0.459 e. The van der Waals surface area contributed by atoms with Gasteiger partial charge >= 0.3 is 0 Å². The molecule has 1 saturated heterocycles. The number of nitrogens with one attached hydrogen (secondary N) is 2. The van der Waals surface area contributed by atoms with Crippen LogP contribution in [0.25, 0.3) is 11.3 Å². The van der Waals surface area contributed by atoms with Gasteiger partial charge in [-0.2, -0.15) is 0 Å². The summed E-state index contributed by atoms with van der Waals surface area (Å²) in [6, 6.07) is 27.3. The molecule has 7 heteroatoms. The molecule has 0 saturated carbocycles. The Bertz CT molecular complexity index is 1340. The minimum absolute atomic E-state index is 0.0526. The molecule has 4 aromatic rings. The van der Waals surface area contributed by atoms with Crippen LogP contribution in [-0.2, 0) is 11.2 Å². The number of anilines is 1. The van der Waals surface area contributed by atoms with Crippen molar-refractivity contribution >= 4 is 28.9 Å². The molecule has 5 rings (SSSR count). The molecule has 3 heterocycles. The lowest BCUT2D eigenvalue weighted by atomic mass is 10.0. The van der Waals surface area contributed by atoms with Gasteiger partial charge in [-0.3, -0.25) is 9.78 Å². The van der Waals surface area contributed by atoms with Gasteiger partial charge in [0.25, 0.3) is 0 Å². The molecule has 0 aliphatic carbocycles. The number of amides is 1. The Balaban J connectivity index is 1.39. The summed E-state index contributed by atoms with van der Waals surface area (Å²) in [5, 5.41) is 7.05. The number of rotatable bonds is 8. The first kappa shape index (κ1) is 23.8. The molecule has 1 aliphatic heterocycles. The van der Waals surface area contributed by atoms with Gasteiger partial charge in [-0.25, -0.2) is 0 Å². The number of hydrogen-bond acceptors (Lipinski definition) is 4. The number of para-hydroxylation sites is 1. The van der Waals surface area contributed by atoms with Crippen LogP contribution in [0, 0.1) is 0 Å². The van der Waals surface area contributed by atoms with Crippen LogP contribution in [0.4, 0.5) is 5.69 Å². The standard InChI is InChI=1S/C29H28N4O2S/c1-2-20-10-6-7-13-22(20)31-26(34)17-19-33-28(27(32-29(33)36)23-14-8-9-18-30-23)25-16-15-24(35-25)21-11-4-3-5-12-21/h3-16,18,27-28H,2,17,19H2,1H3,(H,31,34)(H,32,36)/t27-,28-/m1/s1. The van der Waals surface area contributed by atoms with Gasteiger partial charge in [0.15, 0.2) is 5.11 Å². The molecule has 2 N–H and O–H groups in total. The van der Waals surface area contributed by atoms with Crippen molar-refractivity contribution in [2.75, 3.05) is 11.9 Å². The minimum Gasteiger partial charge on any atom is -0.459 e. The Morgan fingerprint density at radius 3 is 2.58 bits per heavy atom. The van der Waals surface area contributed by atoms with Crippen molar-refractivity contribution in [1.29, 1.82) is 0 Å². The SMILES string of the molecule is CCc1ccccc1NC(=O)CCN1C(=S)N[C@H](c2ccccn2)[C@H]1c1ccc(-c2ccccc2)o1. The van der Waals surface area contributed by atoms with Crippen LogP contribution < -0.4 is 10.6 Å². The van der Waals surface area contributed by atoms with Gasteiger partial charge in [-0.1, -0.05) is 61.5 Å². The molecule has 2 aromatic heterocycles. The predicted molar refractivity (Wildman–Crippen MR) is 145 cm³/mol. The second-order valence-electron chi connectivity index (χ2n) is 8.70. The fraction of sp³-hybridized carbons (Fsp3) is 0.207. The van der Waals surface area contributed by atoms with E-state index < -0.39 is 0 Å². The zero-order valence-electron chi connectivity index (χ0n) is 20.1. The second-order valence-corrected chi connectivity index (χ2v) is 9.08. The average Bonchev–Trinajstić information content (AvgIpc) is 3.53. The topological polar surface area (TPSA) is 70.4 Å². The molecule has 182 valence electrons. The van der Waals surface area contributed by atoms with Gasteiger partial charge < -0.3 is 20.0 Å². The van der Waals surface area contributed by atoms with E-state index in [1.165, 1.54) is 0 Å². The molecular formula is C29H28N4O2S. The molecule has 2 atom stereocenters. The fourth-order valence-electron chi connectivity index (χ4n) is 4.61. The van der Waals surface area contributed by atoms with Gasteiger partial charge in [0.1, 0.15) is 17.6 Å². The number of pyridine rings is 1. The third kappa shape index (κ3) is 5.02. The van der Waals surface area contributed by atoms with Crippen molar-refractivity contribution in [3.8, 4) is 11.3 Å². The van der Waals surface area contributed by atoms with Crippen LogP contribution in [0.15, 0.2) is 95.5 Å². The first-order valence-corrected chi connectivity index (χ1v) is 12.6. The molecule has 1 fully saturated rings. The van der Waals surface area contributed by atoms with Crippen molar-refractivity contribution in [2.45, 2.75) is 31.8 Å². The van der Waals surface area contributed by atoms with Crippen LogP contribution in [0.2, 0.25) is 0 Å². The highest BCUT2D eigenvalue weighted by Gasteiger charge is 2.41. The summed E-state index contributed by atoms with van der Waals surface area (Å²) in [5.41, 5.74) is 3.84. The van der Waals surface area contributed by atoms with Crippen molar-refractivity contribution < 1.29 is 9.21 Å². The number of aromatic nitrogens is 1. The predicted octanol–water partition coefficient (Wildman–Crippen LogP) is 5.91. The van der Waals surface area contributed by atoms with Gasteiger partial charge in [-0.15, -0.1) is 0 Å². The van der Waals surface area contributed by atoms with Crippen LogP contribution in [0.1, 0.15) is 42.4 Å². The zero-order valence-corrected chi connectivity index (χ0v) is 20.9. The van der Waals surface area contributed by atoms with E-state index in [2.05, 4.69) is 22.5 Å². The fourth-order valence-corrected chi connectivity index (χ4v) is 4.94. The highest BCUT2D eigenvalue weighted by atomic mass is 32.1. The molecule has 1 aliphatic rings. The van der Waals surface area contributed by atoms with E-state index in [1.807, 2.05) is 89.8 Å². The number of furan rings is 1. The highest BCUT2D eigenvalue weighted by Crippen LogP contribution is 2.40. The average molecular weight is 497 g/mol. The lowest BCUT2D eigenvalue weighted by molar-refractivity contribution is -0.116. The Morgan fingerprint density at radius 2 is 1.81 bits per heavy atom. The third-order valence-corrected chi connectivity index (χ3v) is 6.78. The van der Waals surface area contributed by atoms with Crippen molar-refractivity contribution in [1.82, 2.24) is 15.2 Å². The molecule has 0 bridgehead atoms. The summed E-state index contributed by atoms with van der Waals surface area (Å²) in [6.45, 7) is 2.52. The maximum absolute atomic E-state index is 12.9. The lowest BCUT2D eigenvalue weighted by Crippen LogP contribution is -2.32. The summed E-state index contributed by atoms with van der Waals surface area (Å²) in [7, 11) is 0. The molecular weight excluding hydrogens is 468 g/mol. The van der Waals surface area contributed by atoms with Crippen LogP contribution in [0.3, 0.4) is 0 Å². The van der Waals surface area contributed by atoms with Crippen LogP contribution in [-0.4, -0.2) is 27.4 Å². The normalized spacial score (nSPS) is 17.1. The van der Waals surface area contributed by atoms with Crippen LogP contribution >= 0.6 is 12.2 Å². The number of thiocarbonyl (C=S) groups is 1.